The molecule has 19 heavy (non-hydrogen) atoms. The van der Waals surface area contributed by atoms with Gasteiger partial charge >= 0.3 is 123 Å². The van der Waals surface area contributed by atoms with E-state index >= 15 is 0 Å². The molecule has 1 aliphatic rings. The molecule has 0 spiro atoms. The van der Waals surface area contributed by atoms with Crippen molar-refractivity contribution >= 4 is 32.4 Å². The second-order valence-electron chi connectivity index (χ2n) is 4.72. The summed E-state index contributed by atoms with van der Waals surface area (Å²) in [4.78, 5) is 0. The summed E-state index contributed by atoms with van der Waals surface area (Å²) < 4.78 is 8.53. The van der Waals surface area contributed by atoms with Gasteiger partial charge in [-0.2, -0.15) is 0 Å². The number of para-hydroxylation sites is 1. The minimum absolute atomic E-state index is 0.942. The Kier molecular flexibility index (Phi) is 3.86. The van der Waals surface area contributed by atoms with Gasteiger partial charge in [-0.1, -0.05) is 0 Å². The van der Waals surface area contributed by atoms with Crippen molar-refractivity contribution in [1.82, 2.24) is 0 Å². The molecule has 0 aromatic heterocycles. The van der Waals surface area contributed by atoms with Crippen molar-refractivity contribution in [1.29, 1.82) is 0 Å². The first-order valence-electron chi connectivity index (χ1n) is 6.66. The predicted octanol–water partition coefficient (Wildman–Crippen LogP) is 3.48. The number of rotatable bonds is 3. The molecule has 1 heterocycles. The second-order valence-corrected chi connectivity index (χ2v) is 9.60. The van der Waals surface area contributed by atoms with Crippen LogP contribution < -0.4 is 13.4 Å². The molecule has 2 aromatic rings. The summed E-state index contributed by atoms with van der Waals surface area (Å²) in [7, 11) is 6.83. The normalized spacial score (nSPS) is 16.4. The summed E-state index contributed by atoms with van der Waals surface area (Å²) in [5, 5.41) is 0. The molecule has 98 valence electrons. The molecule has 3 heteroatoms. The number of unbranched alkanes of at least 4 members (excludes halogenated alkanes) is 1. The Bertz CT molecular complexity index is 597. The molecule has 1 aliphatic heterocycles. The van der Waals surface area contributed by atoms with Crippen LogP contribution in [0.1, 0.15) is 25.3 Å². The molecule has 2 aromatic carbocycles. The number of ether oxygens (including phenoxy) is 1. The van der Waals surface area contributed by atoms with Crippen LogP contribution in [0.25, 0.3) is 0 Å². The zero-order valence-electron chi connectivity index (χ0n) is 10.9. The van der Waals surface area contributed by atoms with Gasteiger partial charge in [0.1, 0.15) is 0 Å². The quantitative estimate of drug-likeness (QED) is 0.781. The van der Waals surface area contributed by atoms with Gasteiger partial charge in [0, 0.05) is 0 Å². The van der Waals surface area contributed by atoms with Gasteiger partial charge in [0.05, 0.1) is 0 Å². The van der Waals surface area contributed by atoms with Crippen LogP contribution in [0.15, 0.2) is 42.5 Å². The molecule has 0 saturated carbocycles. The van der Waals surface area contributed by atoms with Gasteiger partial charge in [-0.3, -0.25) is 0 Å². The monoisotopic (exact) mass is 334 g/mol. The molecular weight excluding hydrogens is 319 g/mol. The fraction of sp³-hybridized carbons (Fsp3) is 0.250. The summed E-state index contributed by atoms with van der Waals surface area (Å²) in [5.41, 5.74) is 1.38. The van der Waals surface area contributed by atoms with Crippen LogP contribution in [-0.4, -0.2) is 13.7 Å². The van der Waals surface area contributed by atoms with Crippen molar-refractivity contribution in [3.8, 4) is 11.5 Å². The molecule has 0 N–H and O–H groups in total. The van der Waals surface area contributed by atoms with Crippen LogP contribution in [0.3, 0.4) is 0 Å². The molecule has 0 fully saturated rings. The SMILES string of the molecule is CCCCc1cccc2c1[As](Cl)c1ccccc1O2. The van der Waals surface area contributed by atoms with Crippen molar-refractivity contribution in [2.45, 2.75) is 26.2 Å². The van der Waals surface area contributed by atoms with E-state index < -0.39 is 13.7 Å². The van der Waals surface area contributed by atoms with Gasteiger partial charge in [0.15, 0.2) is 0 Å². The van der Waals surface area contributed by atoms with Crippen molar-refractivity contribution in [3.05, 3.63) is 48.0 Å². The van der Waals surface area contributed by atoms with Gasteiger partial charge in [-0.05, 0) is 0 Å². The molecule has 0 radical (unpaired) electrons. The number of hydrogen-bond donors (Lipinski definition) is 0. The number of fused-ring (bicyclic) bond motifs is 2. The van der Waals surface area contributed by atoms with Gasteiger partial charge < -0.3 is 0 Å². The fourth-order valence-electron chi connectivity index (χ4n) is 2.39. The standard InChI is InChI=1S/C16H16AsClO/c1-2-3-7-12-8-6-11-15-16(12)17(18)13-9-4-5-10-14(13)19-15/h4-6,8-11H,2-3,7H2,1H3. The first-order chi connectivity index (χ1) is 9.31. The van der Waals surface area contributed by atoms with Gasteiger partial charge in [-0.25, -0.2) is 0 Å². The molecule has 0 aliphatic carbocycles. The van der Waals surface area contributed by atoms with Crippen LogP contribution in [0, 0.1) is 0 Å². The summed E-state index contributed by atoms with van der Waals surface area (Å²) in [6.07, 6.45) is 3.51. The van der Waals surface area contributed by atoms with Crippen molar-refractivity contribution in [2.75, 3.05) is 0 Å². The zero-order chi connectivity index (χ0) is 13.2. The molecule has 1 unspecified atom stereocenters. The third-order valence-corrected chi connectivity index (χ3v) is 8.75. The number of halogens is 1. The topological polar surface area (TPSA) is 9.23 Å². The van der Waals surface area contributed by atoms with E-state index in [1.54, 1.807) is 0 Å². The van der Waals surface area contributed by atoms with E-state index in [4.69, 9.17) is 14.7 Å². The predicted molar refractivity (Wildman–Crippen MR) is 82.4 cm³/mol. The summed E-state index contributed by atoms with van der Waals surface area (Å²) in [6.45, 7) is 2.22. The molecule has 0 bridgehead atoms. The van der Waals surface area contributed by atoms with Crippen molar-refractivity contribution in [2.24, 2.45) is 0 Å². The maximum absolute atomic E-state index is 6.83. The molecule has 1 atom stereocenters. The number of hydrogen-bond acceptors (Lipinski definition) is 1. The minimum atomic E-state index is -1.70. The van der Waals surface area contributed by atoms with E-state index in [2.05, 4.69) is 25.1 Å². The second kappa shape index (κ2) is 5.61. The summed E-state index contributed by atoms with van der Waals surface area (Å²) in [6, 6.07) is 14.5. The van der Waals surface area contributed by atoms with Crippen LogP contribution >= 0.6 is 9.95 Å². The van der Waals surface area contributed by atoms with Crippen LogP contribution in [0.5, 0.6) is 11.5 Å². The molecule has 0 saturated heterocycles. The maximum atomic E-state index is 6.83. The van der Waals surface area contributed by atoms with Gasteiger partial charge in [-0.15, -0.1) is 0 Å². The molecule has 1 nitrogen and oxygen atoms in total. The Morgan fingerprint density at radius 1 is 1.05 bits per heavy atom. The van der Waals surface area contributed by atoms with E-state index in [0.29, 0.717) is 0 Å². The fourth-order valence-corrected chi connectivity index (χ4v) is 7.31. The van der Waals surface area contributed by atoms with E-state index in [1.807, 2.05) is 24.3 Å². The number of benzene rings is 2. The zero-order valence-corrected chi connectivity index (χ0v) is 13.5. The third kappa shape index (κ3) is 2.42. The summed E-state index contributed by atoms with van der Waals surface area (Å²) >= 11 is -1.70. The van der Waals surface area contributed by atoms with Crippen molar-refractivity contribution < 1.29 is 4.74 Å². The first kappa shape index (κ1) is 13.1. The molecule has 0 amide bonds. The van der Waals surface area contributed by atoms with Gasteiger partial charge in [0.25, 0.3) is 0 Å². The van der Waals surface area contributed by atoms with Gasteiger partial charge in [0.2, 0.25) is 0 Å². The summed E-state index contributed by atoms with van der Waals surface area (Å²) in [5.74, 6) is 1.92. The Balaban J connectivity index is 2.05. The van der Waals surface area contributed by atoms with E-state index in [-0.39, 0.29) is 0 Å². The Morgan fingerprint density at radius 2 is 1.84 bits per heavy atom. The average Bonchev–Trinajstić information content (AvgIpc) is 2.45. The average molecular weight is 335 g/mol. The Hall–Kier alpha value is -0.912. The van der Waals surface area contributed by atoms with Crippen LogP contribution in [0.4, 0.5) is 0 Å². The molecule has 3 rings (SSSR count). The molecular formula is C16H16AsClO. The third-order valence-electron chi connectivity index (χ3n) is 3.38. The first-order valence-corrected chi connectivity index (χ1v) is 11.0. The van der Waals surface area contributed by atoms with E-state index in [0.717, 1.165) is 17.9 Å². The van der Waals surface area contributed by atoms with Crippen molar-refractivity contribution in [3.63, 3.8) is 0 Å². The Labute approximate surface area is 123 Å². The van der Waals surface area contributed by atoms with E-state index in [9.17, 15) is 0 Å². The van der Waals surface area contributed by atoms with Crippen LogP contribution in [-0.2, 0) is 6.42 Å². The van der Waals surface area contributed by atoms with Crippen LogP contribution in [0.2, 0.25) is 0 Å². The van der Waals surface area contributed by atoms with E-state index in [1.165, 1.54) is 27.1 Å². The Morgan fingerprint density at radius 3 is 2.68 bits per heavy atom. The number of aryl methyl sites for hydroxylation is 1.